The van der Waals surface area contributed by atoms with Crippen molar-refractivity contribution in [2.24, 2.45) is 5.92 Å². The lowest BCUT2D eigenvalue weighted by molar-refractivity contribution is -0.166. The summed E-state index contributed by atoms with van der Waals surface area (Å²) < 4.78 is 77.9. The molecular weight excluding hydrogens is 301 g/mol. The third-order valence-corrected chi connectivity index (χ3v) is 7.50. The molecule has 0 saturated carbocycles. The Hall–Kier alpha value is -0.510. The lowest BCUT2D eigenvalue weighted by Gasteiger charge is -2.42. The molecule has 0 aromatic carbocycles. The van der Waals surface area contributed by atoms with Crippen LogP contribution in [0.15, 0.2) is 23.8 Å². The summed E-state index contributed by atoms with van der Waals surface area (Å²) in [6.07, 6.45) is -4.14. The van der Waals surface area contributed by atoms with Crippen molar-refractivity contribution in [1.82, 2.24) is 0 Å². The monoisotopic (exact) mass is 316 g/mol. The number of hydrogen-bond donors (Lipinski definition) is 0. The first-order chi connectivity index (χ1) is 9.05. The minimum Gasteiger partial charge on any atom is -0.170 e. The van der Waals surface area contributed by atoms with E-state index in [-0.39, 0.29) is 0 Å². The first-order valence-corrected chi connectivity index (χ1v) is 8.06. The van der Waals surface area contributed by atoms with Crippen LogP contribution in [0.5, 0.6) is 0 Å². The average molecular weight is 316 g/mol. The van der Waals surface area contributed by atoms with Gasteiger partial charge in [0.2, 0.25) is 0 Å². The SMILES string of the molecule is CC1(P2CCCC2)C=C(C(F)(F)F)C=CC1C(F)(F)F. The van der Waals surface area contributed by atoms with Crippen LogP contribution in [0.25, 0.3) is 0 Å². The number of rotatable bonds is 1. The smallest absolute Gasteiger partial charge is 0.170 e. The molecule has 2 aliphatic rings. The zero-order chi connectivity index (χ0) is 15.2. The van der Waals surface area contributed by atoms with Gasteiger partial charge in [-0.2, -0.15) is 26.3 Å². The summed E-state index contributed by atoms with van der Waals surface area (Å²) in [4.78, 5) is 0. The zero-order valence-electron chi connectivity index (χ0n) is 10.9. The Labute approximate surface area is 114 Å². The number of alkyl halides is 6. The molecule has 0 N–H and O–H groups in total. The van der Waals surface area contributed by atoms with E-state index < -0.39 is 36.9 Å². The molecule has 0 radical (unpaired) electrons. The molecule has 0 aromatic heterocycles. The van der Waals surface area contributed by atoms with E-state index >= 15 is 0 Å². The minimum atomic E-state index is -4.59. The van der Waals surface area contributed by atoms with Gasteiger partial charge >= 0.3 is 12.4 Å². The first-order valence-electron chi connectivity index (χ1n) is 6.35. The van der Waals surface area contributed by atoms with Crippen molar-refractivity contribution < 1.29 is 26.3 Å². The highest BCUT2D eigenvalue weighted by Crippen LogP contribution is 2.63. The number of hydrogen-bond acceptors (Lipinski definition) is 0. The highest BCUT2D eigenvalue weighted by molar-refractivity contribution is 7.59. The van der Waals surface area contributed by atoms with Crippen LogP contribution in [-0.2, 0) is 0 Å². The van der Waals surface area contributed by atoms with Gasteiger partial charge in [-0.15, -0.1) is 0 Å². The van der Waals surface area contributed by atoms with Crippen LogP contribution in [0, 0.1) is 5.92 Å². The molecule has 0 bridgehead atoms. The van der Waals surface area contributed by atoms with Crippen LogP contribution in [0.3, 0.4) is 0 Å². The molecule has 0 nitrogen and oxygen atoms in total. The molecule has 2 rings (SSSR count). The summed E-state index contributed by atoms with van der Waals surface area (Å²) in [5, 5.41) is -1.44. The Morgan fingerprint density at radius 3 is 2.10 bits per heavy atom. The Morgan fingerprint density at radius 2 is 1.65 bits per heavy atom. The minimum absolute atomic E-state index is 0.575. The predicted octanol–water partition coefficient (Wildman–Crippen LogP) is 5.26. The van der Waals surface area contributed by atoms with Crippen LogP contribution in [0.2, 0.25) is 0 Å². The quantitative estimate of drug-likeness (QED) is 0.457. The molecule has 0 spiro atoms. The van der Waals surface area contributed by atoms with Gasteiger partial charge in [0.05, 0.1) is 11.5 Å². The van der Waals surface area contributed by atoms with E-state index in [1.807, 2.05) is 0 Å². The van der Waals surface area contributed by atoms with Gasteiger partial charge in [-0.3, -0.25) is 0 Å². The maximum atomic E-state index is 13.2. The fraction of sp³-hybridized carbons (Fsp3) is 0.692. The van der Waals surface area contributed by atoms with E-state index in [0.29, 0.717) is 24.5 Å². The van der Waals surface area contributed by atoms with Gasteiger partial charge in [0, 0.05) is 5.16 Å². The van der Waals surface area contributed by atoms with E-state index in [2.05, 4.69) is 0 Å². The largest absolute Gasteiger partial charge is 0.416 e. The highest BCUT2D eigenvalue weighted by atomic mass is 31.1. The highest BCUT2D eigenvalue weighted by Gasteiger charge is 2.54. The van der Waals surface area contributed by atoms with Gasteiger partial charge in [0.1, 0.15) is 0 Å². The topological polar surface area (TPSA) is 0 Å². The summed E-state index contributed by atoms with van der Waals surface area (Å²) in [6.45, 7) is 1.34. The van der Waals surface area contributed by atoms with E-state index in [4.69, 9.17) is 0 Å². The predicted molar refractivity (Wildman–Crippen MR) is 67.1 cm³/mol. The van der Waals surface area contributed by atoms with Crippen molar-refractivity contribution in [3.05, 3.63) is 23.8 Å². The standard InChI is InChI=1S/C13H15F6P/c1-11(20-6-2-3-7-20)8-9(12(14,15)16)4-5-10(11)13(17,18)19/h4-5,8,10H,2-3,6-7H2,1H3. The van der Waals surface area contributed by atoms with Crippen molar-refractivity contribution >= 4 is 7.92 Å². The molecule has 0 amide bonds. The molecule has 114 valence electrons. The van der Waals surface area contributed by atoms with Crippen molar-refractivity contribution in [3.63, 3.8) is 0 Å². The van der Waals surface area contributed by atoms with Gasteiger partial charge in [-0.05, 0) is 25.2 Å². The molecule has 2 atom stereocenters. The van der Waals surface area contributed by atoms with E-state index in [1.165, 1.54) is 6.92 Å². The third kappa shape index (κ3) is 2.90. The van der Waals surface area contributed by atoms with E-state index in [0.717, 1.165) is 18.9 Å². The van der Waals surface area contributed by atoms with E-state index in [9.17, 15) is 26.3 Å². The van der Waals surface area contributed by atoms with Crippen molar-refractivity contribution in [3.8, 4) is 0 Å². The second kappa shape index (κ2) is 5.04. The van der Waals surface area contributed by atoms with Crippen LogP contribution >= 0.6 is 7.92 Å². The lowest BCUT2D eigenvalue weighted by atomic mass is 9.85. The fourth-order valence-corrected chi connectivity index (χ4v) is 6.30. The molecule has 1 aliphatic heterocycles. The molecule has 1 heterocycles. The summed E-state index contributed by atoms with van der Waals surface area (Å²) in [5.41, 5.74) is -0.949. The molecule has 0 aromatic rings. The van der Waals surface area contributed by atoms with Gasteiger partial charge in [0.15, 0.2) is 0 Å². The second-order valence-electron chi connectivity index (χ2n) is 5.40. The van der Waals surface area contributed by atoms with Crippen LogP contribution in [0.1, 0.15) is 19.8 Å². The average Bonchev–Trinajstić information content (AvgIpc) is 2.79. The third-order valence-electron chi connectivity index (χ3n) is 4.01. The second-order valence-corrected chi connectivity index (χ2v) is 8.33. The molecule has 1 fully saturated rings. The van der Waals surface area contributed by atoms with Crippen molar-refractivity contribution in [2.75, 3.05) is 12.3 Å². The van der Waals surface area contributed by atoms with Gasteiger partial charge < -0.3 is 0 Å². The molecule has 2 unspecified atom stereocenters. The van der Waals surface area contributed by atoms with Crippen LogP contribution in [0.4, 0.5) is 26.3 Å². The van der Waals surface area contributed by atoms with Gasteiger partial charge in [0.25, 0.3) is 0 Å². The molecule has 1 saturated heterocycles. The Bertz CT molecular complexity index is 427. The Balaban J connectivity index is 2.43. The van der Waals surface area contributed by atoms with Crippen LogP contribution < -0.4 is 0 Å². The maximum Gasteiger partial charge on any atom is 0.416 e. The molecule has 20 heavy (non-hydrogen) atoms. The van der Waals surface area contributed by atoms with Crippen molar-refractivity contribution in [2.45, 2.75) is 37.3 Å². The summed E-state index contributed by atoms with van der Waals surface area (Å²) in [5.74, 6) is -1.81. The first kappa shape index (κ1) is 15.9. The summed E-state index contributed by atoms with van der Waals surface area (Å²) in [7, 11) is -1.07. The summed E-state index contributed by atoms with van der Waals surface area (Å²) >= 11 is 0. The number of allylic oxidation sites excluding steroid dienone is 4. The van der Waals surface area contributed by atoms with E-state index in [1.54, 1.807) is 0 Å². The number of halogens is 6. The normalized spacial score (nSPS) is 32.5. The fourth-order valence-electron chi connectivity index (χ4n) is 2.95. The van der Waals surface area contributed by atoms with Crippen molar-refractivity contribution in [1.29, 1.82) is 0 Å². The van der Waals surface area contributed by atoms with Gasteiger partial charge in [-0.1, -0.05) is 33.1 Å². The Morgan fingerprint density at radius 1 is 1.10 bits per heavy atom. The molecule has 7 heteroatoms. The molecular formula is C13H15F6P. The Kier molecular flexibility index (Phi) is 4.00. The zero-order valence-corrected chi connectivity index (χ0v) is 11.7. The van der Waals surface area contributed by atoms with Crippen LogP contribution in [-0.4, -0.2) is 29.8 Å². The summed E-state index contributed by atoms with van der Waals surface area (Å²) in [6, 6.07) is 0. The lowest BCUT2D eigenvalue weighted by Crippen LogP contribution is -2.42. The van der Waals surface area contributed by atoms with Gasteiger partial charge in [-0.25, -0.2) is 0 Å². The maximum absolute atomic E-state index is 13.2. The molecule has 1 aliphatic carbocycles.